The van der Waals surface area contributed by atoms with Crippen LogP contribution >= 0.6 is 11.6 Å². The van der Waals surface area contributed by atoms with Crippen LogP contribution in [-0.2, 0) is 16.6 Å². The minimum Gasteiger partial charge on any atom is -0.478 e. The lowest BCUT2D eigenvalue weighted by molar-refractivity contribution is 0.0696. The Morgan fingerprint density at radius 2 is 2.19 bits per heavy atom. The van der Waals surface area contributed by atoms with Gasteiger partial charge in [-0.3, -0.25) is 0 Å². The number of carboxylic acids is 1. The molecule has 7 nitrogen and oxygen atoms in total. The van der Waals surface area contributed by atoms with Crippen LogP contribution in [0.15, 0.2) is 41.8 Å². The first-order chi connectivity index (χ1) is 9.90. The van der Waals surface area contributed by atoms with Crippen molar-refractivity contribution in [3.63, 3.8) is 0 Å². The molecule has 0 radical (unpaired) electrons. The SMILES string of the molecule is O=C(O)c1ccc(Cl)c(S(=O)(=O)NCCn2ccnc2)c1. The summed E-state index contributed by atoms with van der Waals surface area (Å²) in [5.41, 5.74) is -0.144. The van der Waals surface area contributed by atoms with Crippen LogP contribution in [0.2, 0.25) is 5.02 Å². The van der Waals surface area contributed by atoms with Gasteiger partial charge in [-0.25, -0.2) is 22.9 Å². The fourth-order valence-corrected chi connectivity index (χ4v) is 3.19. The molecule has 112 valence electrons. The molecule has 0 saturated heterocycles. The van der Waals surface area contributed by atoms with Crippen LogP contribution in [0.4, 0.5) is 0 Å². The summed E-state index contributed by atoms with van der Waals surface area (Å²) in [6, 6.07) is 3.52. The van der Waals surface area contributed by atoms with E-state index in [9.17, 15) is 13.2 Å². The first kappa shape index (κ1) is 15.5. The highest BCUT2D eigenvalue weighted by Gasteiger charge is 2.19. The van der Waals surface area contributed by atoms with E-state index in [1.807, 2.05) is 0 Å². The number of benzene rings is 1. The van der Waals surface area contributed by atoms with E-state index in [1.54, 1.807) is 23.3 Å². The maximum absolute atomic E-state index is 12.1. The Morgan fingerprint density at radius 3 is 2.81 bits per heavy atom. The fourth-order valence-electron chi connectivity index (χ4n) is 1.65. The molecule has 2 N–H and O–H groups in total. The van der Waals surface area contributed by atoms with Crippen molar-refractivity contribution in [1.29, 1.82) is 0 Å². The van der Waals surface area contributed by atoms with Gasteiger partial charge in [0.05, 0.1) is 16.9 Å². The zero-order valence-corrected chi connectivity index (χ0v) is 12.3. The monoisotopic (exact) mass is 329 g/mol. The predicted molar refractivity (Wildman–Crippen MR) is 75.8 cm³/mol. The Kier molecular flexibility index (Phi) is 4.61. The van der Waals surface area contributed by atoms with E-state index in [0.29, 0.717) is 6.54 Å². The number of nitrogens with one attached hydrogen (secondary N) is 1. The molecule has 0 aliphatic carbocycles. The zero-order chi connectivity index (χ0) is 15.5. The Balaban J connectivity index is 2.15. The van der Waals surface area contributed by atoms with Crippen LogP contribution in [0.1, 0.15) is 10.4 Å². The molecule has 0 bridgehead atoms. The average molecular weight is 330 g/mol. The average Bonchev–Trinajstić information content (AvgIpc) is 2.91. The lowest BCUT2D eigenvalue weighted by atomic mass is 10.2. The Hall–Kier alpha value is -1.90. The molecule has 0 amide bonds. The Labute approximate surface area is 126 Å². The number of aromatic carboxylic acids is 1. The molecular formula is C12H12ClN3O4S. The smallest absolute Gasteiger partial charge is 0.335 e. The third-order valence-corrected chi connectivity index (χ3v) is 4.63. The minimum absolute atomic E-state index is 0.0323. The molecule has 0 aliphatic rings. The third kappa shape index (κ3) is 3.81. The summed E-state index contributed by atoms with van der Waals surface area (Å²) in [6.45, 7) is 0.530. The van der Waals surface area contributed by atoms with Crippen LogP contribution in [0, 0.1) is 0 Å². The quantitative estimate of drug-likeness (QED) is 0.829. The van der Waals surface area contributed by atoms with Gasteiger partial charge in [0.25, 0.3) is 0 Å². The Bertz CT molecular complexity index is 744. The molecule has 0 fully saturated rings. The number of hydrogen-bond donors (Lipinski definition) is 2. The minimum atomic E-state index is -3.88. The summed E-state index contributed by atoms with van der Waals surface area (Å²) >= 11 is 5.84. The largest absolute Gasteiger partial charge is 0.478 e. The van der Waals surface area contributed by atoms with Crippen LogP contribution in [-0.4, -0.2) is 35.6 Å². The van der Waals surface area contributed by atoms with Crippen molar-refractivity contribution in [2.75, 3.05) is 6.54 Å². The van der Waals surface area contributed by atoms with Gasteiger partial charge >= 0.3 is 5.97 Å². The normalized spacial score (nSPS) is 11.5. The molecule has 1 aromatic carbocycles. The maximum Gasteiger partial charge on any atom is 0.335 e. The van der Waals surface area contributed by atoms with E-state index < -0.39 is 16.0 Å². The first-order valence-corrected chi connectivity index (χ1v) is 7.74. The van der Waals surface area contributed by atoms with Gasteiger partial charge in [0.15, 0.2) is 0 Å². The molecule has 0 atom stereocenters. The van der Waals surface area contributed by atoms with Crippen LogP contribution in [0.3, 0.4) is 0 Å². The van der Waals surface area contributed by atoms with Crippen LogP contribution in [0.5, 0.6) is 0 Å². The molecular weight excluding hydrogens is 318 g/mol. The molecule has 1 heterocycles. The predicted octanol–water partition coefficient (Wildman–Crippen LogP) is 1.21. The molecule has 9 heteroatoms. The number of hydrogen-bond acceptors (Lipinski definition) is 4. The number of carbonyl (C=O) groups is 1. The van der Waals surface area contributed by atoms with Crippen LogP contribution in [0.25, 0.3) is 0 Å². The molecule has 2 rings (SSSR count). The van der Waals surface area contributed by atoms with Gasteiger partial charge in [-0.05, 0) is 18.2 Å². The number of nitrogens with zero attached hydrogens (tertiary/aromatic N) is 2. The summed E-state index contributed by atoms with van der Waals surface area (Å²) in [5.74, 6) is -1.22. The lowest BCUT2D eigenvalue weighted by Crippen LogP contribution is -2.27. The number of imidazole rings is 1. The number of halogens is 1. The Morgan fingerprint density at radius 1 is 1.43 bits per heavy atom. The molecule has 0 spiro atoms. The second-order valence-corrected chi connectivity index (χ2v) is 6.29. The topological polar surface area (TPSA) is 101 Å². The van der Waals surface area contributed by atoms with Crippen molar-refractivity contribution in [2.45, 2.75) is 11.4 Å². The van der Waals surface area contributed by atoms with E-state index in [-0.39, 0.29) is 22.0 Å². The number of carboxylic acid groups (broad SMARTS) is 1. The second kappa shape index (κ2) is 6.25. The fraction of sp³-hybridized carbons (Fsp3) is 0.167. The standard InChI is InChI=1S/C12H12ClN3O4S/c13-10-2-1-9(12(17)18)7-11(10)21(19,20)15-4-6-16-5-3-14-8-16/h1-3,5,7-8,15H,4,6H2,(H,17,18). The first-order valence-electron chi connectivity index (χ1n) is 5.88. The number of aromatic nitrogens is 2. The van der Waals surface area contributed by atoms with Crippen LogP contribution < -0.4 is 4.72 Å². The van der Waals surface area contributed by atoms with E-state index >= 15 is 0 Å². The van der Waals surface area contributed by atoms with Crippen molar-refractivity contribution in [3.8, 4) is 0 Å². The van der Waals surface area contributed by atoms with E-state index in [0.717, 1.165) is 6.07 Å². The molecule has 0 saturated carbocycles. The molecule has 21 heavy (non-hydrogen) atoms. The molecule has 0 unspecified atom stereocenters. The van der Waals surface area contributed by atoms with Crippen molar-refractivity contribution in [3.05, 3.63) is 47.5 Å². The molecule has 1 aromatic heterocycles. The second-order valence-electron chi connectivity index (χ2n) is 4.15. The van der Waals surface area contributed by atoms with Crippen molar-refractivity contribution in [2.24, 2.45) is 0 Å². The van der Waals surface area contributed by atoms with Gasteiger partial charge in [-0.2, -0.15) is 0 Å². The van der Waals surface area contributed by atoms with Gasteiger partial charge < -0.3 is 9.67 Å². The highest BCUT2D eigenvalue weighted by molar-refractivity contribution is 7.89. The summed E-state index contributed by atoms with van der Waals surface area (Å²) in [5, 5.41) is 8.87. The molecule has 0 aliphatic heterocycles. The van der Waals surface area contributed by atoms with Gasteiger partial charge in [0, 0.05) is 25.5 Å². The van der Waals surface area contributed by atoms with Gasteiger partial charge in [0.2, 0.25) is 10.0 Å². The zero-order valence-electron chi connectivity index (χ0n) is 10.7. The van der Waals surface area contributed by atoms with E-state index in [1.165, 1.54) is 12.1 Å². The van der Waals surface area contributed by atoms with Crippen molar-refractivity contribution < 1.29 is 18.3 Å². The highest BCUT2D eigenvalue weighted by atomic mass is 35.5. The summed E-state index contributed by atoms with van der Waals surface area (Å²) < 4.78 is 28.4. The van der Waals surface area contributed by atoms with Crippen molar-refractivity contribution in [1.82, 2.24) is 14.3 Å². The molecule has 2 aromatic rings. The summed E-state index contributed by atoms with van der Waals surface area (Å²) in [6.07, 6.45) is 4.85. The highest BCUT2D eigenvalue weighted by Crippen LogP contribution is 2.22. The summed E-state index contributed by atoms with van der Waals surface area (Å²) in [7, 11) is -3.88. The summed E-state index contributed by atoms with van der Waals surface area (Å²) in [4.78, 5) is 14.5. The van der Waals surface area contributed by atoms with Crippen molar-refractivity contribution >= 4 is 27.6 Å². The van der Waals surface area contributed by atoms with E-state index in [2.05, 4.69) is 9.71 Å². The van der Waals surface area contributed by atoms with E-state index in [4.69, 9.17) is 16.7 Å². The van der Waals surface area contributed by atoms with Gasteiger partial charge in [0.1, 0.15) is 4.90 Å². The lowest BCUT2D eigenvalue weighted by Gasteiger charge is -2.09. The number of sulfonamides is 1. The number of rotatable bonds is 6. The van der Waals surface area contributed by atoms with Gasteiger partial charge in [-0.1, -0.05) is 11.6 Å². The maximum atomic E-state index is 12.1. The third-order valence-electron chi connectivity index (χ3n) is 2.69. The van der Waals surface area contributed by atoms with Gasteiger partial charge in [-0.15, -0.1) is 0 Å².